The zero-order valence-electron chi connectivity index (χ0n) is 22.3. The number of nitrogens with one attached hydrogen (secondary N) is 2. The molecule has 2 heterocycles. The van der Waals surface area contributed by atoms with Crippen LogP contribution in [0.1, 0.15) is 60.1 Å². The maximum Gasteiger partial charge on any atom is 0.286 e. The van der Waals surface area contributed by atoms with E-state index in [1.165, 1.54) is 18.2 Å². The van der Waals surface area contributed by atoms with Gasteiger partial charge in [0.15, 0.2) is 5.69 Å². The van der Waals surface area contributed by atoms with Crippen LogP contribution in [-0.4, -0.2) is 55.0 Å². The second-order valence-electron chi connectivity index (χ2n) is 9.99. The fourth-order valence-electron chi connectivity index (χ4n) is 4.80. The van der Waals surface area contributed by atoms with Gasteiger partial charge in [-0.15, -0.1) is 0 Å². The number of nitrogens with zero attached hydrogens (tertiary/aromatic N) is 3. The molecule has 11 heteroatoms. The van der Waals surface area contributed by atoms with Crippen molar-refractivity contribution in [3.63, 3.8) is 0 Å². The molecule has 1 aliphatic rings. The molecule has 0 radical (unpaired) electrons. The number of piperidine rings is 1. The summed E-state index contributed by atoms with van der Waals surface area (Å²) in [6.45, 7) is 4.03. The van der Waals surface area contributed by atoms with E-state index >= 15 is 0 Å². The molecule has 4 rings (SSSR count). The average molecular weight is 593 g/mol. The van der Waals surface area contributed by atoms with E-state index in [0.29, 0.717) is 28.0 Å². The molecule has 8 nitrogen and oxygen atoms in total. The third-order valence-corrected chi connectivity index (χ3v) is 8.09. The number of sulfonamides is 1. The summed E-state index contributed by atoms with van der Waals surface area (Å²) in [7, 11) is -3.14. The van der Waals surface area contributed by atoms with Crippen molar-refractivity contribution in [1.82, 2.24) is 24.9 Å². The highest BCUT2D eigenvalue weighted by molar-refractivity contribution is 7.88. The van der Waals surface area contributed by atoms with E-state index in [2.05, 4.69) is 22.3 Å². The van der Waals surface area contributed by atoms with E-state index in [0.717, 1.165) is 68.4 Å². The van der Waals surface area contributed by atoms with Crippen molar-refractivity contribution in [2.75, 3.05) is 25.9 Å². The Kier molecular flexibility index (Phi) is 10.1. The number of hydrogen-bond donors (Lipinski definition) is 2. The Bertz CT molecular complexity index is 1400. The lowest BCUT2D eigenvalue weighted by atomic mass is 10.0. The third kappa shape index (κ3) is 8.05. The second-order valence-corrected chi connectivity index (χ2v) is 12.7. The highest BCUT2D eigenvalue weighted by atomic mass is 35.5. The lowest BCUT2D eigenvalue weighted by Gasteiger charge is -2.26. The maximum absolute atomic E-state index is 13.3. The highest BCUT2D eigenvalue weighted by Gasteiger charge is 2.25. The predicted octanol–water partition coefficient (Wildman–Crippen LogP) is 5.55. The van der Waals surface area contributed by atoms with Crippen molar-refractivity contribution in [3.8, 4) is 16.9 Å². The van der Waals surface area contributed by atoms with E-state index in [-0.39, 0.29) is 5.91 Å². The Morgan fingerprint density at radius 3 is 2.38 bits per heavy atom. The van der Waals surface area contributed by atoms with Crippen LogP contribution < -0.4 is 10.1 Å². The molecular formula is C28H35Cl2N5O3S. The zero-order chi connectivity index (χ0) is 28.0. The van der Waals surface area contributed by atoms with Crippen molar-refractivity contribution in [2.24, 2.45) is 0 Å². The largest absolute Gasteiger partial charge is 0.286 e. The molecule has 1 amide bonds. The smallest absolute Gasteiger partial charge is 0.283 e. The van der Waals surface area contributed by atoms with E-state index in [4.69, 9.17) is 28.3 Å². The molecule has 210 valence electrons. The molecule has 0 spiro atoms. The standard InChI is InChI=1S/C28H35Cl2N5O3S/c1-20-26(28(36)33-34-17-7-4-8-18-34)32-35(25-15-14-23(29)19-24(25)30)27(20)22-12-10-21(11-13-22)9-5-3-6-16-31-39(2,37)38/h10-15,19,31H,3-9,16-18H2,1-2H3,(H,33,36). The Morgan fingerprint density at radius 2 is 1.72 bits per heavy atom. The molecule has 0 aliphatic carbocycles. The molecule has 1 aromatic heterocycles. The first-order valence-corrected chi connectivity index (χ1v) is 15.9. The van der Waals surface area contributed by atoms with Gasteiger partial charge in [0.1, 0.15) is 0 Å². The van der Waals surface area contributed by atoms with E-state index < -0.39 is 10.0 Å². The molecular weight excluding hydrogens is 557 g/mol. The minimum absolute atomic E-state index is 0.235. The molecule has 0 bridgehead atoms. The van der Waals surface area contributed by atoms with Crippen LogP contribution in [0.2, 0.25) is 10.0 Å². The fourth-order valence-corrected chi connectivity index (χ4v) is 5.80. The van der Waals surface area contributed by atoms with Crippen LogP contribution in [0.25, 0.3) is 16.9 Å². The monoisotopic (exact) mass is 591 g/mol. The summed E-state index contributed by atoms with van der Waals surface area (Å²) in [6, 6.07) is 13.5. The van der Waals surface area contributed by atoms with Crippen molar-refractivity contribution >= 4 is 39.1 Å². The minimum Gasteiger partial charge on any atom is -0.283 e. The van der Waals surface area contributed by atoms with Gasteiger partial charge < -0.3 is 0 Å². The Balaban J connectivity index is 1.55. The number of unbranched alkanes of at least 4 members (excludes halogenated alkanes) is 2. The van der Waals surface area contributed by atoms with Crippen LogP contribution in [0.15, 0.2) is 42.5 Å². The SMILES string of the molecule is Cc1c(C(=O)NN2CCCCC2)nn(-c2ccc(Cl)cc2Cl)c1-c1ccc(CCCCCNS(C)(=O)=O)cc1. The van der Waals surface area contributed by atoms with Crippen LogP contribution >= 0.6 is 23.2 Å². The summed E-state index contributed by atoms with van der Waals surface area (Å²) in [4.78, 5) is 13.3. The Labute approximate surface area is 240 Å². The van der Waals surface area contributed by atoms with Crippen molar-refractivity contribution in [3.05, 3.63) is 69.3 Å². The van der Waals surface area contributed by atoms with Crippen molar-refractivity contribution < 1.29 is 13.2 Å². The minimum atomic E-state index is -3.14. The topological polar surface area (TPSA) is 96.3 Å². The maximum atomic E-state index is 13.3. The number of carbonyl (C=O) groups excluding carboxylic acids is 1. The first-order valence-electron chi connectivity index (χ1n) is 13.3. The van der Waals surface area contributed by atoms with Gasteiger partial charge in [-0.1, -0.05) is 60.3 Å². The van der Waals surface area contributed by atoms with Crippen LogP contribution in [0.3, 0.4) is 0 Å². The number of halogens is 2. The Hall–Kier alpha value is -2.43. The molecule has 2 N–H and O–H groups in total. The molecule has 1 saturated heterocycles. The van der Waals surface area contributed by atoms with Crippen molar-refractivity contribution in [2.45, 2.75) is 51.9 Å². The lowest BCUT2D eigenvalue weighted by molar-refractivity contribution is 0.0743. The van der Waals surface area contributed by atoms with Gasteiger partial charge in [0, 0.05) is 35.8 Å². The lowest BCUT2D eigenvalue weighted by Crippen LogP contribution is -2.45. The molecule has 0 saturated carbocycles. The summed E-state index contributed by atoms with van der Waals surface area (Å²) in [5, 5.41) is 7.66. The van der Waals surface area contributed by atoms with Gasteiger partial charge in [0.2, 0.25) is 10.0 Å². The van der Waals surface area contributed by atoms with Gasteiger partial charge in [-0.3, -0.25) is 10.2 Å². The van der Waals surface area contributed by atoms with Crippen LogP contribution in [0.5, 0.6) is 0 Å². The van der Waals surface area contributed by atoms with E-state index in [1.807, 2.05) is 24.1 Å². The van der Waals surface area contributed by atoms with Gasteiger partial charge >= 0.3 is 0 Å². The van der Waals surface area contributed by atoms with Gasteiger partial charge in [-0.2, -0.15) is 5.10 Å². The summed E-state index contributed by atoms with van der Waals surface area (Å²) in [5.74, 6) is -0.235. The zero-order valence-corrected chi connectivity index (χ0v) is 24.7. The first-order chi connectivity index (χ1) is 18.6. The van der Waals surface area contributed by atoms with E-state index in [1.54, 1.807) is 22.9 Å². The number of aromatic nitrogens is 2. The molecule has 3 aromatic rings. The summed E-state index contributed by atoms with van der Waals surface area (Å²) in [5.41, 5.74) is 7.69. The quantitative estimate of drug-likeness (QED) is 0.285. The molecule has 0 unspecified atom stereocenters. The molecule has 2 aromatic carbocycles. The number of rotatable bonds is 11. The first kappa shape index (κ1) is 29.6. The summed E-state index contributed by atoms with van der Waals surface area (Å²) in [6.07, 6.45) is 8.05. The molecule has 1 aliphatic heterocycles. The van der Waals surface area contributed by atoms with Gasteiger partial charge in [-0.25, -0.2) is 22.8 Å². The normalized spacial score (nSPS) is 14.5. The molecule has 0 atom stereocenters. The highest BCUT2D eigenvalue weighted by Crippen LogP contribution is 2.33. The molecule has 39 heavy (non-hydrogen) atoms. The van der Waals surface area contributed by atoms with Crippen LogP contribution in [-0.2, 0) is 16.4 Å². The predicted molar refractivity (Wildman–Crippen MR) is 157 cm³/mol. The number of benzene rings is 2. The van der Waals surface area contributed by atoms with Gasteiger partial charge in [0.25, 0.3) is 5.91 Å². The molecule has 1 fully saturated rings. The average Bonchev–Trinajstić information content (AvgIpc) is 3.23. The van der Waals surface area contributed by atoms with Gasteiger partial charge in [0.05, 0.1) is 22.7 Å². The third-order valence-electron chi connectivity index (χ3n) is 6.82. The fraction of sp³-hybridized carbons (Fsp3) is 0.429. The van der Waals surface area contributed by atoms with Gasteiger partial charge in [-0.05, 0) is 62.8 Å². The number of carbonyl (C=O) groups is 1. The number of hydrogen-bond acceptors (Lipinski definition) is 5. The van der Waals surface area contributed by atoms with Crippen LogP contribution in [0.4, 0.5) is 0 Å². The van der Waals surface area contributed by atoms with Crippen molar-refractivity contribution in [1.29, 1.82) is 0 Å². The number of aryl methyl sites for hydroxylation is 1. The second kappa shape index (κ2) is 13.3. The summed E-state index contributed by atoms with van der Waals surface area (Å²) < 4.78 is 26.6. The summed E-state index contributed by atoms with van der Waals surface area (Å²) >= 11 is 12.7. The number of amides is 1. The van der Waals surface area contributed by atoms with Crippen LogP contribution in [0, 0.1) is 6.92 Å². The Morgan fingerprint density at radius 1 is 1.00 bits per heavy atom. The van der Waals surface area contributed by atoms with E-state index in [9.17, 15) is 13.2 Å². The number of hydrazine groups is 1.